The smallest absolute Gasteiger partial charge is 0.271 e. The number of nitrogens with one attached hydrogen (secondary N) is 1. The number of anilines is 2. The van der Waals surface area contributed by atoms with E-state index in [-0.39, 0.29) is 18.2 Å². The van der Waals surface area contributed by atoms with Crippen molar-refractivity contribution >= 4 is 28.9 Å². The summed E-state index contributed by atoms with van der Waals surface area (Å²) in [5.41, 5.74) is 3.26. The van der Waals surface area contributed by atoms with Crippen LogP contribution in [0.2, 0.25) is 0 Å². The molecular weight excluding hydrogens is 358 g/mol. The van der Waals surface area contributed by atoms with Crippen molar-refractivity contribution in [2.75, 3.05) is 10.3 Å². The molecule has 1 N–H and O–H groups in total. The molecule has 9 nitrogen and oxygen atoms in total. The molecule has 0 atom stereocenters. The highest BCUT2D eigenvalue weighted by molar-refractivity contribution is 6.44. The second kappa shape index (κ2) is 7.39. The first-order valence-corrected chi connectivity index (χ1v) is 8.72. The summed E-state index contributed by atoms with van der Waals surface area (Å²) < 4.78 is 1.49. The molecule has 1 aromatic heterocycles. The molecule has 9 heteroatoms. The molecule has 3 aromatic rings. The standard InChI is InChI=1S/C19H17N7O2/c1-13-4-2-7-16(10-13)26-18(27)9-8-17(22-26)19(28)21-14-5-3-6-15(11-14)25-12-20-23-24-25/h2-7,10-12H,8-9H2,1H3,(H,21,28). The van der Waals surface area contributed by atoms with Crippen LogP contribution < -0.4 is 10.3 Å². The maximum atomic E-state index is 12.7. The van der Waals surface area contributed by atoms with E-state index in [4.69, 9.17) is 0 Å². The van der Waals surface area contributed by atoms with Crippen LogP contribution in [0.25, 0.3) is 5.69 Å². The van der Waals surface area contributed by atoms with Gasteiger partial charge in [-0.2, -0.15) is 5.10 Å². The average molecular weight is 375 g/mol. The van der Waals surface area contributed by atoms with Crippen LogP contribution in [0.5, 0.6) is 0 Å². The van der Waals surface area contributed by atoms with E-state index in [0.717, 1.165) is 5.56 Å². The first kappa shape index (κ1) is 17.5. The molecule has 4 rings (SSSR count). The Morgan fingerprint density at radius 2 is 1.89 bits per heavy atom. The molecule has 0 spiro atoms. The van der Waals surface area contributed by atoms with Gasteiger partial charge in [0.05, 0.1) is 11.4 Å². The van der Waals surface area contributed by atoms with Crippen LogP contribution in [0.1, 0.15) is 18.4 Å². The molecule has 0 unspecified atom stereocenters. The lowest BCUT2D eigenvalue weighted by atomic mass is 10.1. The Kier molecular flexibility index (Phi) is 4.63. The van der Waals surface area contributed by atoms with Crippen LogP contribution in [-0.2, 0) is 9.59 Å². The van der Waals surface area contributed by atoms with Gasteiger partial charge in [0.2, 0.25) is 5.91 Å². The van der Waals surface area contributed by atoms with Gasteiger partial charge < -0.3 is 5.32 Å². The van der Waals surface area contributed by atoms with E-state index in [1.165, 1.54) is 16.0 Å². The Bertz CT molecular complexity index is 1060. The number of aromatic nitrogens is 4. The summed E-state index contributed by atoms with van der Waals surface area (Å²) in [5, 5.41) is 19.4. The van der Waals surface area contributed by atoms with Crippen LogP contribution in [0.15, 0.2) is 60.0 Å². The number of rotatable bonds is 4. The normalized spacial score (nSPS) is 14.0. The lowest BCUT2D eigenvalue weighted by Crippen LogP contribution is -2.36. The average Bonchev–Trinajstić information content (AvgIpc) is 3.23. The van der Waals surface area contributed by atoms with Crippen LogP contribution >= 0.6 is 0 Å². The van der Waals surface area contributed by atoms with E-state index in [1.54, 1.807) is 24.3 Å². The zero-order valence-electron chi connectivity index (χ0n) is 15.1. The van der Waals surface area contributed by atoms with E-state index in [2.05, 4.69) is 25.9 Å². The number of hydrazone groups is 1. The quantitative estimate of drug-likeness (QED) is 0.752. The van der Waals surface area contributed by atoms with Gasteiger partial charge in [0.15, 0.2) is 0 Å². The number of aryl methyl sites for hydroxylation is 1. The van der Waals surface area contributed by atoms with Gasteiger partial charge in [0, 0.05) is 18.5 Å². The lowest BCUT2D eigenvalue weighted by Gasteiger charge is -2.23. The number of hydrogen-bond donors (Lipinski definition) is 1. The summed E-state index contributed by atoms with van der Waals surface area (Å²) in [6.45, 7) is 1.94. The molecule has 0 saturated heterocycles. The van der Waals surface area contributed by atoms with Gasteiger partial charge in [0.25, 0.3) is 5.91 Å². The molecule has 140 valence electrons. The zero-order valence-corrected chi connectivity index (χ0v) is 15.1. The molecule has 0 bridgehead atoms. The monoisotopic (exact) mass is 375 g/mol. The number of carbonyl (C=O) groups excluding carboxylic acids is 2. The van der Waals surface area contributed by atoms with Crippen molar-refractivity contribution in [1.82, 2.24) is 20.2 Å². The number of hydrogen-bond acceptors (Lipinski definition) is 6. The fourth-order valence-corrected chi connectivity index (χ4v) is 2.89. The highest BCUT2D eigenvalue weighted by Crippen LogP contribution is 2.22. The third-order valence-corrected chi connectivity index (χ3v) is 4.26. The number of carbonyl (C=O) groups is 2. The summed E-state index contributed by atoms with van der Waals surface area (Å²) in [5.74, 6) is -0.484. The van der Waals surface area contributed by atoms with E-state index in [1.807, 2.05) is 31.2 Å². The van der Waals surface area contributed by atoms with Crippen molar-refractivity contribution in [2.45, 2.75) is 19.8 Å². The van der Waals surface area contributed by atoms with E-state index >= 15 is 0 Å². The Labute approximate surface area is 160 Å². The topological polar surface area (TPSA) is 105 Å². The van der Waals surface area contributed by atoms with Gasteiger partial charge in [-0.05, 0) is 53.2 Å². The fraction of sp³-hybridized carbons (Fsp3) is 0.158. The molecule has 28 heavy (non-hydrogen) atoms. The van der Waals surface area contributed by atoms with Gasteiger partial charge in [-0.25, -0.2) is 9.69 Å². The molecule has 0 aliphatic carbocycles. The van der Waals surface area contributed by atoms with E-state index in [0.29, 0.717) is 29.2 Å². The van der Waals surface area contributed by atoms with Crippen molar-refractivity contribution in [3.8, 4) is 5.69 Å². The summed E-state index contributed by atoms with van der Waals surface area (Å²) in [7, 11) is 0. The molecule has 0 fully saturated rings. The third-order valence-electron chi connectivity index (χ3n) is 4.26. The summed E-state index contributed by atoms with van der Waals surface area (Å²) >= 11 is 0. The van der Waals surface area contributed by atoms with Crippen LogP contribution in [0.3, 0.4) is 0 Å². The van der Waals surface area contributed by atoms with Crippen molar-refractivity contribution in [3.63, 3.8) is 0 Å². The van der Waals surface area contributed by atoms with Gasteiger partial charge in [-0.3, -0.25) is 9.59 Å². The zero-order chi connectivity index (χ0) is 19.5. The van der Waals surface area contributed by atoms with Crippen LogP contribution in [-0.4, -0.2) is 37.7 Å². The SMILES string of the molecule is Cc1cccc(N2N=C(C(=O)Nc3cccc(-n4cnnn4)c3)CCC2=O)c1. The largest absolute Gasteiger partial charge is 0.321 e. The fourth-order valence-electron chi connectivity index (χ4n) is 2.89. The summed E-state index contributed by atoms with van der Waals surface area (Å²) in [6, 6.07) is 14.6. The summed E-state index contributed by atoms with van der Waals surface area (Å²) in [4.78, 5) is 25.0. The Morgan fingerprint density at radius 1 is 1.07 bits per heavy atom. The molecule has 0 saturated carbocycles. The highest BCUT2D eigenvalue weighted by atomic mass is 16.2. The number of benzene rings is 2. The lowest BCUT2D eigenvalue weighted by molar-refractivity contribution is -0.118. The first-order chi connectivity index (χ1) is 13.6. The van der Waals surface area contributed by atoms with Gasteiger partial charge in [0.1, 0.15) is 12.0 Å². The molecule has 1 aliphatic heterocycles. The van der Waals surface area contributed by atoms with Gasteiger partial charge in [-0.1, -0.05) is 18.2 Å². The third kappa shape index (κ3) is 3.63. The molecule has 2 aromatic carbocycles. The number of amides is 2. The number of nitrogens with zero attached hydrogens (tertiary/aromatic N) is 6. The number of tetrazole rings is 1. The minimum atomic E-state index is -0.348. The van der Waals surface area contributed by atoms with Crippen LogP contribution in [0.4, 0.5) is 11.4 Å². The predicted molar refractivity (Wildman–Crippen MR) is 103 cm³/mol. The van der Waals surface area contributed by atoms with E-state index in [9.17, 15) is 9.59 Å². The van der Waals surface area contributed by atoms with E-state index < -0.39 is 0 Å². The second-order valence-electron chi connectivity index (χ2n) is 6.35. The Hall–Kier alpha value is -3.88. The Morgan fingerprint density at radius 3 is 2.68 bits per heavy atom. The first-order valence-electron chi connectivity index (χ1n) is 8.72. The van der Waals surface area contributed by atoms with Crippen molar-refractivity contribution in [1.29, 1.82) is 0 Å². The predicted octanol–water partition coefficient (Wildman–Crippen LogP) is 2.09. The maximum absolute atomic E-state index is 12.7. The molecule has 2 heterocycles. The molecular formula is C19H17N7O2. The molecule has 1 aliphatic rings. The van der Waals surface area contributed by atoms with Gasteiger partial charge >= 0.3 is 0 Å². The van der Waals surface area contributed by atoms with Crippen molar-refractivity contribution in [2.24, 2.45) is 5.10 Å². The molecule has 0 radical (unpaired) electrons. The van der Waals surface area contributed by atoms with Crippen molar-refractivity contribution < 1.29 is 9.59 Å². The summed E-state index contributed by atoms with van der Waals surface area (Å²) in [6.07, 6.45) is 1.99. The minimum Gasteiger partial charge on any atom is -0.321 e. The molecule has 2 amide bonds. The Balaban J connectivity index is 1.55. The maximum Gasteiger partial charge on any atom is 0.271 e. The second-order valence-corrected chi connectivity index (χ2v) is 6.35. The minimum absolute atomic E-state index is 0.136. The van der Waals surface area contributed by atoms with Gasteiger partial charge in [-0.15, -0.1) is 5.10 Å². The highest BCUT2D eigenvalue weighted by Gasteiger charge is 2.25. The van der Waals surface area contributed by atoms with Crippen molar-refractivity contribution in [3.05, 3.63) is 60.4 Å². The van der Waals surface area contributed by atoms with Crippen LogP contribution in [0, 0.1) is 6.92 Å².